The van der Waals surface area contributed by atoms with Crippen LogP contribution in [0.2, 0.25) is 0 Å². The van der Waals surface area contributed by atoms with Gasteiger partial charge < -0.3 is 15.6 Å². The molecule has 2 aromatic carbocycles. The average Bonchev–Trinajstić information content (AvgIpc) is 2.91. The van der Waals surface area contributed by atoms with E-state index in [1.807, 2.05) is 42.5 Å². The van der Waals surface area contributed by atoms with E-state index in [4.69, 9.17) is 5.73 Å². The Bertz CT molecular complexity index is 850. The molecule has 1 heterocycles. The first kappa shape index (κ1) is 16.1. The smallest absolute Gasteiger partial charge is 0.267 e. The van der Waals surface area contributed by atoms with Gasteiger partial charge in [-0.1, -0.05) is 44.2 Å². The van der Waals surface area contributed by atoms with Crippen LogP contribution >= 0.6 is 0 Å². The summed E-state index contributed by atoms with van der Waals surface area (Å²) < 4.78 is 2.06. The summed E-state index contributed by atoms with van der Waals surface area (Å²) in [6, 6.07) is 17.8. The highest BCUT2D eigenvalue weighted by Gasteiger charge is 2.16. The number of rotatable bonds is 5. The normalized spacial score (nSPS) is 11.1. The molecule has 0 saturated heterocycles. The second-order valence-electron chi connectivity index (χ2n) is 6.52. The Hall–Kier alpha value is -2.75. The Kier molecular flexibility index (Phi) is 4.56. The van der Waals surface area contributed by atoms with Crippen LogP contribution in [-0.4, -0.2) is 17.0 Å². The van der Waals surface area contributed by atoms with Gasteiger partial charge in [0, 0.05) is 29.7 Å². The van der Waals surface area contributed by atoms with Gasteiger partial charge in [0.1, 0.15) is 5.69 Å². The van der Waals surface area contributed by atoms with Crippen LogP contribution in [0, 0.1) is 5.92 Å². The first-order chi connectivity index (χ1) is 11.5. The van der Waals surface area contributed by atoms with Crippen molar-refractivity contribution in [2.45, 2.75) is 20.4 Å². The molecule has 0 aliphatic carbocycles. The zero-order valence-corrected chi connectivity index (χ0v) is 14.1. The molecule has 1 aromatic heterocycles. The molecule has 3 rings (SSSR count). The number of nitrogens with zero attached hydrogens (tertiary/aromatic N) is 1. The van der Waals surface area contributed by atoms with Crippen molar-refractivity contribution in [3.8, 4) is 0 Å². The summed E-state index contributed by atoms with van der Waals surface area (Å²) in [5.74, 6) is 0.367. The van der Waals surface area contributed by atoms with Gasteiger partial charge in [-0.2, -0.15) is 0 Å². The van der Waals surface area contributed by atoms with E-state index in [1.54, 1.807) is 0 Å². The number of anilines is 1. The standard InChI is InChI=1S/C20H23N3O/c1-14(2)12-22-20(24)19-11-16-10-17(21)8-9-18(16)23(19)13-15-6-4-3-5-7-15/h3-11,14H,12-13,21H2,1-2H3,(H,22,24). The highest BCUT2D eigenvalue weighted by molar-refractivity contribution is 5.99. The highest BCUT2D eigenvalue weighted by atomic mass is 16.1. The summed E-state index contributed by atoms with van der Waals surface area (Å²) in [4.78, 5) is 12.7. The fraction of sp³-hybridized carbons (Fsp3) is 0.250. The third-order valence-corrected chi connectivity index (χ3v) is 4.01. The van der Waals surface area contributed by atoms with Crippen LogP contribution in [0.5, 0.6) is 0 Å². The molecule has 124 valence electrons. The maximum Gasteiger partial charge on any atom is 0.267 e. The Morgan fingerprint density at radius 2 is 1.88 bits per heavy atom. The van der Waals surface area contributed by atoms with E-state index in [0.717, 1.165) is 16.5 Å². The van der Waals surface area contributed by atoms with E-state index < -0.39 is 0 Å². The quantitative estimate of drug-likeness (QED) is 0.705. The molecule has 0 saturated carbocycles. The number of hydrogen-bond acceptors (Lipinski definition) is 2. The van der Waals surface area contributed by atoms with E-state index in [1.165, 1.54) is 0 Å². The van der Waals surface area contributed by atoms with Gasteiger partial charge in [-0.05, 0) is 35.7 Å². The van der Waals surface area contributed by atoms with Gasteiger partial charge in [-0.15, -0.1) is 0 Å². The minimum Gasteiger partial charge on any atom is -0.399 e. The molecule has 4 heteroatoms. The van der Waals surface area contributed by atoms with Crippen molar-refractivity contribution in [2.24, 2.45) is 5.92 Å². The fourth-order valence-corrected chi connectivity index (χ4v) is 2.80. The molecule has 0 spiro atoms. The van der Waals surface area contributed by atoms with E-state index in [0.29, 0.717) is 30.4 Å². The van der Waals surface area contributed by atoms with Crippen molar-refractivity contribution in [3.05, 3.63) is 65.9 Å². The van der Waals surface area contributed by atoms with Crippen molar-refractivity contribution in [3.63, 3.8) is 0 Å². The molecule has 3 aromatic rings. The minimum atomic E-state index is -0.0468. The molecule has 0 aliphatic rings. The van der Waals surface area contributed by atoms with Gasteiger partial charge in [0.15, 0.2) is 0 Å². The molecular formula is C20H23N3O. The molecule has 1 amide bonds. The largest absolute Gasteiger partial charge is 0.399 e. The predicted octanol–water partition coefficient (Wildman–Crippen LogP) is 3.66. The number of nitrogen functional groups attached to an aromatic ring is 1. The summed E-state index contributed by atoms with van der Waals surface area (Å²) in [5, 5.41) is 4.00. The van der Waals surface area contributed by atoms with E-state index in [-0.39, 0.29) is 5.91 Å². The fourth-order valence-electron chi connectivity index (χ4n) is 2.80. The summed E-state index contributed by atoms with van der Waals surface area (Å²) in [7, 11) is 0. The van der Waals surface area contributed by atoms with Crippen LogP contribution in [0.15, 0.2) is 54.6 Å². The molecule has 0 aliphatic heterocycles. The molecular weight excluding hydrogens is 298 g/mol. The van der Waals surface area contributed by atoms with E-state index in [9.17, 15) is 4.79 Å². The Balaban J connectivity index is 2.02. The third kappa shape index (κ3) is 3.43. The van der Waals surface area contributed by atoms with Gasteiger partial charge >= 0.3 is 0 Å². The van der Waals surface area contributed by atoms with Crippen LogP contribution in [-0.2, 0) is 6.54 Å². The lowest BCUT2D eigenvalue weighted by Gasteiger charge is -2.12. The highest BCUT2D eigenvalue weighted by Crippen LogP contribution is 2.24. The van der Waals surface area contributed by atoms with Gasteiger partial charge in [-0.3, -0.25) is 4.79 Å². The average molecular weight is 321 g/mol. The van der Waals surface area contributed by atoms with Crippen molar-refractivity contribution < 1.29 is 4.79 Å². The molecule has 4 nitrogen and oxygen atoms in total. The maximum atomic E-state index is 12.7. The van der Waals surface area contributed by atoms with Crippen molar-refractivity contribution in [1.82, 2.24) is 9.88 Å². The predicted molar refractivity (Wildman–Crippen MR) is 99.1 cm³/mol. The van der Waals surface area contributed by atoms with Gasteiger partial charge in [0.25, 0.3) is 5.91 Å². The Labute approximate surface area is 142 Å². The lowest BCUT2D eigenvalue weighted by atomic mass is 10.2. The zero-order chi connectivity index (χ0) is 17.1. The van der Waals surface area contributed by atoms with Gasteiger partial charge in [-0.25, -0.2) is 0 Å². The number of hydrogen-bond donors (Lipinski definition) is 2. The summed E-state index contributed by atoms with van der Waals surface area (Å²) in [6.45, 7) is 5.48. The number of carbonyl (C=O) groups is 1. The third-order valence-electron chi connectivity index (χ3n) is 4.01. The van der Waals surface area contributed by atoms with E-state index in [2.05, 4.69) is 35.9 Å². The van der Waals surface area contributed by atoms with Crippen LogP contribution < -0.4 is 11.1 Å². The number of fused-ring (bicyclic) bond motifs is 1. The molecule has 0 atom stereocenters. The lowest BCUT2D eigenvalue weighted by Crippen LogP contribution is -2.29. The monoisotopic (exact) mass is 321 g/mol. The molecule has 0 fully saturated rings. The SMILES string of the molecule is CC(C)CNC(=O)c1cc2cc(N)ccc2n1Cc1ccccc1. The van der Waals surface area contributed by atoms with E-state index >= 15 is 0 Å². The van der Waals surface area contributed by atoms with Crippen molar-refractivity contribution in [1.29, 1.82) is 0 Å². The number of amides is 1. The van der Waals surface area contributed by atoms with Crippen LogP contribution in [0.3, 0.4) is 0 Å². The number of aromatic nitrogens is 1. The molecule has 0 bridgehead atoms. The van der Waals surface area contributed by atoms with Crippen LogP contribution in [0.25, 0.3) is 10.9 Å². The van der Waals surface area contributed by atoms with Crippen molar-refractivity contribution >= 4 is 22.5 Å². The molecule has 3 N–H and O–H groups in total. The lowest BCUT2D eigenvalue weighted by molar-refractivity contribution is 0.0940. The number of nitrogens with two attached hydrogens (primary N) is 1. The molecule has 24 heavy (non-hydrogen) atoms. The van der Waals surface area contributed by atoms with Gasteiger partial charge in [0.2, 0.25) is 0 Å². The second-order valence-corrected chi connectivity index (χ2v) is 6.52. The Morgan fingerprint density at radius 1 is 1.12 bits per heavy atom. The molecule has 0 unspecified atom stereocenters. The van der Waals surface area contributed by atoms with Crippen molar-refractivity contribution in [2.75, 3.05) is 12.3 Å². The van der Waals surface area contributed by atoms with Crippen LogP contribution in [0.1, 0.15) is 29.9 Å². The van der Waals surface area contributed by atoms with Crippen LogP contribution in [0.4, 0.5) is 5.69 Å². The summed E-state index contributed by atoms with van der Waals surface area (Å²) in [6.07, 6.45) is 0. The zero-order valence-electron chi connectivity index (χ0n) is 14.1. The first-order valence-electron chi connectivity index (χ1n) is 8.25. The number of nitrogens with one attached hydrogen (secondary N) is 1. The number of carbonyl (C=O) groups excluding carboxylic acids is 1. The molecule has 0 radical (unpaired) electrons. The second kappa shape index (κ2) is 6.79. The summed E-state index contributed by atoms with van der Waals surface area (Å²) in [5.41, 5.74) is 9.44. The van der Waals surface area contributed by atoms with Gasteiger partial charge in [0.05, 0.1) is 0 Å². The first-order valence-corrected chi connectivity index (χ1v) is 8.25. The number of benzene rings is 2. The minimum absolute atomic E-state index is 0.0468. The topological polar surface area (TPSA) is 60.1 Å². The summed E-state index contributed by atoms with van der Waals surface area (Å²) >= 11 is 0. The Morgan fingerprint density at radius 3 is 2.58 bits per heavy atom. The maximum absolute atomic E-state index is 12.7.